The number of aryl methyl sites for hydroxylation is 1. The third-order valence-electron chi connectivity index (χ3n) is 7.97. The third-order valence-corrected chi connectivity index (χ3v) is 7.97. The lowest BCUT2D eigenvalue weighted by Crippen LogP contribution is -2.54. The average molecular weight is 617 g/mol. The topological polar surface area (TPSA) is 113 Å². The Morgan fingerprint density at radius 1 is 0.844 bits per heavy atom. The average Bonchev–Trinajstić information content (AvgIpc) is 3.53. The second kappa shape index (κ2) is 15.9. The van der Waals surface area contributed by atoms with Gasteiger partial charge >= 0.3 is 5.97 Å². The number of hydrogen-bond donors (Lipinski definition) is 3. The number of likely N-dealkylation sites (N-methyl/N-ethyl adjacent to an activating group) is 1. The molecule has 0 radical (unpaired) electrons. The molecule has 3 rings (SSSR count). The van der Waals surface area contributed by atoms with E-state index in [9.17, 15) is 14.4 Å². The van der Waals surface area contributed by atoms with Crippen molar-refractivity contribution >= 4 is 17.8 Å². The number of unbranched alkanes of at least 4 members (excludes halogenated alkanes) is 1. The molecule has 0 saturated carbocycles. The molecule has 0 unspecified atom stereocenters. The Morgan fingerprint density at radius 2 is 1.44 bits per heavy atom. The van der Waals surface area contributed by atoms with Crippen LogP contribution in [-0.2, 0) is 25.5 Å². The number of aromatic nitrogens is 2. The molecule has 2 amide bonds. The van der Waals surface area contributed by atoms with Gasteiger partial charge < -0.3 is 20.4 Å². The first kappa shape index (κ1) is 35.5. The van der Waals surface area contributed by atoms with E-state index in [2.05, 4.69) is 76.1 Å². The molecule has 3 aromatic rings. The van der Waals surface area contributed by atoms with Crippen LogP contribution in [0.1, 0.15) is 86.1 Å². The van der Waals surface area contributed by atoms with Crippen LogP contribution in [0.4, 0.5) is 0 Å². The van der Waals surface area contributed by atoms with Crippen LogP contribution in [0.2, 0.25) is 0 Å². The molecule has 0 bridgehead atoms. The lowest BCUT2D eigenvalue weighted by Gasteiger charge is -2.32. The maximum absolute atomic E-state index is 13.9. The highest BCUT2D eigenvalue weighted by Crippen LogP contribution is 2.29. The van der Waals surface area contributed by atoms with Gasteiger partial charge in [0, 0.05) is 30.9 Å². The number of hydrogen-bond acceptors (Lipinski definition) is 5. The number of amides is 2. The van der Waals surface area contributed by atoms with Crippen molar-refractivity contribution in [2.45, 2.75) is 98.6 Å². The predicted molar refractivity (Wildman–Crippen MR) is 180 cm³/mol. The molecule has 0 spiro atoms. The maximum atomic E-state index is 13.9. The molecule has 0 aliphatic carbocycles. The molecule has 1 aromatic heterocycles. The molecule has 0 saturated heterocycles. The fourth-order valence-corrected chi connectivity index (χ4v) is 5.40. The van der Waals surface area contributed by atoms with Crippen molar-refractivity contribution in [3.63, 3.8) is 0 Å². The number of carbonyl (C=O) groups is 3. The highest BCUT2D eigenvalue weighted by atomic mass is 16.6. The van der Waals surface area contributed by atoms with Gasteiger partial charge in [0.25, 0.3) is 0 Å². The number of esters is 1. The van der Waals surface area contributed by atoms with E-state index < -0.39 is 28.9 Å². The molecule has 8 heteroatoms. The van der Waals surface area contributed by atoms with E-state index in [-0.39, 0.29) is 17.8 Å². The third kappa shape index (κ3) is 10.9. The molecule has 45 heavy (non-hydrogen) atoms. The number of nitrogens with one attached hydrogen (secondary N) is 3. The van der Waals surface area contributed by atoms with Crippen LogP contribution in [0.3, 0.4) is 0 Å². The van der Waals surface area contributed by atoms with Crippen molar-refractivity contribution in [1.82, 2.24) is 20.6 Å². The fourth-order valence-electron chi connectivity index (χ4n) is 5.40. The predicted octanol–water partition coefficient (Wildman–Crippen LogP) is 7.11. The fraction of sp³-hybridized carbons (Fsp3) is 0.514. The number of H-pyrrole nitrogens is 1. The Balaban J connectivity index is 1.80. The maximum Gasteiger partial charge on any atom is 0.309 e. The van der Waals surface area contributed by atoms with Gasteiger partial charge in [0.15, 0.2) is 0 Å². The van der Waals surface area contributed by atoms with E-state index in [1.807, 2.05) is 47.7 Å². The normalized spacial score (nSPS) is 13.9. The van der Waals surface area contributed by atoms with Crippen LogP contribution in [0.15, 0.2) is 60.9 Å². The molecule has 8 nitrogen and oxygen atoms in total. The lowest BCUT2D eigenvalue weighted by molar-refractivity contribution is -0.161. The van der Waals surface area contributed by atoms with E-state index in [4.69, 9.17) is 4.74 Å². The largest absolute Gasteiger partial charge is 0.460 e. The van der Waals surface area contributed by atoms with E-state index in [0.717, 1.165) is 40.9 Å². The van der Waals surface area contributed by atoms with E-state index in [1.165, 1.54) is 0 Å². The molecular formula is C37H52N4O4. The summed E-state index contributed by atoms with van der Waals surface area (Å²) in [5.41, 5.74) is 3.23. The second-order valence-electron chi connectivity index (χ2n) is 14.0. The second-order valence-corrected chi connectivity index (χ2v) is 14.0. The zero-order valence-electron chi connectivity index (χ0n) is 28.3. The molecule has 3 atom stereocenters. The van der Waals surface area contributed by atoms with Gasteiger partial charge in [-0.3, -0.25) is 14.4 Å². The Bertz CT molecular complexity index is 1370. The van der Waals surface area contributed by atoms with Gasteiger partial charge in [-0.15, -0.1) is 0 Å². The number of carbonyl (C=O) groups excluding carboxylic acids is 3. The highest BCUT2D eigenvalue weighted by molar-refractivity contribution is 5.89. The van der Waals surface area contributed by atoms with Crippen LogP contribution in [0.25, 0.3) is 22.5 Å². The summed E-state index contributed by atoms with van der Waals surface area (Å²) in [6, 6.07) is 15.9. The molecular weight excluding hydrogens is 564 g/mol. The Labute approximate surface area is 269 Å². The quantitative estimate of drug-likeness (QED) is 0.167. The van der Waals surface area contributed by atoms with E-state index >= 15 is 0 Å². The van der Waals surface area contributed by atoms with E-state index in [1.54, 1.807) is 13.2 Å². The SMILES string of the molecule is CCCC[C@@H](C[C@@H](CCc1ccc(-c2ccc(-c3ncc[nH]3)cc2)cc1)C(=O)N[C@H](C(=O)NC)C(C)(C)C)C(=O)OC(C)(C)C. The number of imidazole rings is 1. The smallest absolute Gasteiger partial charge is 0.309 e. The minimum Gasteiger partial charge on any atom is -0.460 e. The molecule has 2 aromatic carbocycles. The summed E-state index contributed by atoms with van der Waals surface area (Å²) in [6.45, 7) is 13.5. The molecule has 1 heterocycles. The summed E-state index contributed by atoms with van der Waals surface area (Å²) in [6.07, 6.45) is 7.58. The van der Waals surface area contributed by atoms with Gasteiger partial charge in [0.2, 0.25) is 11.8 Å². The van der Waals surface area contributed by atoms with Gasteiger partial charge in [0.05, 0.1) is 5.92 Å². The van der Waals surface area contributed by atoms with Crippen LogP contribution < -0.4 is 10.6 Å². The Hall–Kier alpha value is -3.94. The Kier molecular flexibility index (Phi) is 12.5. The standard InChI is InChI=1S/C37H52N4O4/c1-9-10-11-30(35(44)45-37(5,6)7)24-29(33(42)41-31(34(43)38-8)36(2,3)4)17-14-25-12-15-26(16-13-25)27-18-20-28(21-19-27)32-39-22-23-40-32/h12-13,15-16,18-23,29-31H,9-11,14,17,24H2,1-8H3,(H,38,43)(H,39,40)(H,41,42)/t29-,30+,31-/m1/s1. The molecule has 3 N–H and O–H groups in total. The van der Waals surface area contributed by atoms with Crippen LogP contribution in [-0.4, -0.2) is 46.4 Å². The van der Waals surface area contributed by atoms with Crippen molar-refractivity contribution in [2.24, 2.45) is 17.3 Å². The molecule has 0 fully saturated rings. The zero-order valence-corrected chi connectivity index (χ0v) is 28.3. The summed E-state index contributed by atoms with van der Waals surface area (Å²) >= 11 is 0. The van der Waals surface area contributed by atoms with Gasteiger partial charge in [-0.25, -0.2) is 4.98 Å². The first-order valence-corrected chi connectivity index (χ1v) is 16.2. The Morgan fingerprint density at radius 3 is 1.96 bits per heavy atom. The van der Waals surface area contributed by atoms with Crippen molar-refractivity contribution in [3.05, 3.63) is 66.5 Å². The molecule has 244 valence electrons. The first-order chi connectivity index (χ1) is 21.2. The summed E-state index contributed by atoms with van der Waals surface area (Å²) < 4.78 is 5.77. The van der Waals surface area contributed by atoms with Gasteiger partial charge in [0.1, 0.15) is 17.5 Å². The monoisotopic (exact) mass is 616 g/mol. The van der Waals surface area contributed by atoms with Crippen molar-refractivity contribution in [2.75, 3.05) is 7.05 Å². The van der Waals surface area contributed by atoms with Crippen LogP contribution in [0, 0.1) is 17.3 Å². The van der Waals surface area contributed by atoms with Gasteiger partial charge in [-0.05, 0) is 68.6 Å². The number of rotatable bonds is 14. The van der Waals surface area contributed by atoms with Crippen molar-refractivity contribution < 1.29 is 19.1 Å². The van der Waals surface area contributed by atoms with Crippen molar-refractivity contribution in [3.8, 4) is 22.5 Å². The molecule has 0 aliphatic rings. The van der Waals surface area contributed by atoms with Crippen LogP contribution >= 0.6 is 0 Å². The van der Waals surface area contributed by atoms with Crippen molar-refractivity contribution in [1.29, 1.82) is 0 Å². The number of aromatic amines is 1. The summed E-state index contributed by atoms with van der Waals surface area (Å²) in [5, 5.41) is 5.71. The summed E-state index contributed by atoms with van der Waals surface area (Å²) in [7, 11) is 1.57. The van der Waals surface area contributed by atoms with E-state index in [0.29, 0.717) is 25.7 Å². The highest BCUT2D eigenvalue weighted by Gasteiger charge is 2.36. The number of nitrogens with zero attached hydrogens (tertiary/aromatic N) is 1. The summed E-state index contributed by atoms with van der Waals surface area (Å²) in [5.74, 6) is -0.755. The zero-order chi connectivity index (χ0) is 33.2. The van der Waals surface area contributed by atoms with Gasteiger partial charge in [-0.1, -0.05) is 89.1 Å². The summed E-state index contributed by atoms with van der Waals surface area (Å²) in [4.78, 5) is 47.3. The number of benzene rings is 2. The lowest BCUT2D eigenvalue weighted by atomic mass is 9.83. The van der Waals surface area contributed by atoms with Crippen LogP contribution in [0.5, 0.6) is 0 Å². The first-order valence-electron chi connectivity index (χ1n) is 16.2. The number of ether oxygens (including phenoxy) is 1. The molecule has 0 aliphatic heterocycles. The van der Waals surface area contributed by atoms with Gasteiger partial charge in [-0.2, -0.15) is 0 Å². The minimum absolute atomic E-state index is 0.211. The minimum atomic E-state index is -0.702.